The number of phenols is 1. The number of aromatic nitrogens is 1. The lowest BCUT2D eigenvalue weighted by Crippen LogP contribution is -2.04. The molecule has 0 bridgehead atoms. The minimum Gasteiger partial charge on any atom is -0.506 e. The summed E-state index contributed by atoms with van der Waals surface area (Å²) in [5.41, 5.74) is 2.16. The van der Waals surface area contributed by atoms with Crippen LogP contribution in [0.4, 0.5) is 0 Å². The Bertz CT molecular complexity index is 886. The molecule has 3 aromatic rings. The second-order valence-corrected chi connectivity index (χ2v) is 6.19. The molecule has 0 radical (unpaired) electrons. The average Bonchev–Trinajstić information content (AvgIpc) is 3.11. The molecule has 0 fully saturated rings. The Labute approximate surface area is 152 Å². The first-order valence-corrected chi connectivity index (χ1v) is 8.17. The van der Waals surface area contributed by atoms with Crippen molar-refractivity contribution in [3.8, 4) is 28.3 Å². The summed E-state index contributed by atoms with van der Waals surface area (Å²) in [4.78, 5) is 11.5. The van der Waals surface area contributed by atoms with E-state index in [2.05, 4.69) is 0 Å². The van der Waals surface area contributed by atoms with Gasteiger partial charge in [-0.3, -0.25) is 0 Å². The summed E-state index contributed by atoms with van der Waals surface area (Å²) in [6.07, 6.45) is 3.70. The normalized spacial score (nSPS) is 10.6. The Morgan fingerprint density at radius 2 is 1.79 bits per heavy atom. The van der Waals surface area contributed by atoms with Crippen molar-refractivity contribution in [2.24, 2.45) is 0 Å². The molecule has 24 heavy (non-hydrogen) atoms. The number of benzene rings is 2. The number of rotatable bonds is 4. The van der Waals surface area contributed by atoms with Gasteiger partial charge in [-0.25, -0.2) is 4.79 Å². The number of carboxylic acids is 1. The number of carboxylic acid groups (broad SMARTS) is 1. The lowest BCUT2D eigenvalue weighted by molar-refractivity contribution is 0.0693. The number of halogens is 1. The van der Waals surface area contributed by atoms with Crippen LogP contribution in [0.5, 0.6) is 11.5 Å². The fraction of sp³-hybridized carbons (Fsp3) is 0.0556. The number of hydrogen-bond donors (Lipinski definition) is 2. The Morgan fingerprint density at radius 1 is 1.17 bits per heavy atom. The highest BCUT2D eigenvalue weighted by Crippen LogP contribution is 2.38. The van der Waals surface area contributed by atoms with Gasteiger partial charge in [0, 0.05) is 18.0 Å². The molecule has 0 saturated heterocycles. The maximum atomic E-state index is 11.5. The van der Waals surface area contributed by atoms with Gasteiger partial charge in [0.05, 0.1) is 16.4 Å². The van der Waals surface area contributed by atoms with Crippen LogP contribution < -0.4 is 4.74 Å². The molecular weight excluding hydrogens is 421 g/mol. The van der Waals surface area contributed by atoms with Gasteiger partial charge >= 0.3 is 5.97 Å². The van der Waals surface area contributed by atoms with Crippen molar-refractivity contribution in [1.29, 1.82) is 0 Å². The number of carbonyl (C=O) groups is 1. The largest absolute Gasteiger partial charge is 0.506 e. The zero-order valence-corrected chi connectivity index (χ0v) is 14.9. The van der Waals surface area contributed by atoms with Gasteiger partial charge in [-0.1, -0.05) is 12.1 Å². The zero-order valence-electron chi connectivity index (χ0n) is 12.7. The zero-order chi connectivity index (χ0) is 17.3. The van der Waals surface area contributed by atoms with Crippen LogP contribution in [-0.4, -0.2) is 27.9 Å². The van der Waals surface area contributed by atoms with Gasteiger partial charge in [0.15, 0.2) is 0 Å². The monoisotopic (exact) mass is 435 g/mol. The van der Waals surface area contributed by atoms with Crippen LogP contribution in [0.3, 0.4) is 0 Å². The summed E-state index contributed by atoms with van der Waals surface area (Å²) in [7, 11) is 1.59. The summed E-state index contributed by atoms with van der Waals surface area (Å²) in [5, 5.41) is 19.7. The van der Waals surface area contributed by atoms with Crippen LogP contribution in [0.25, 0.3) is 16.8 Å². The van der Waals surface area contributed by atoms with Crippen molar-refractivity contribution in [3.63, 3.8) is 0 Å². The Morgan fingerprint density at radius 3 is 2.33 bits per heavy atom. The molecule has 0 atom stereocenters. The number of nitrogens with zero attached hydrogens (tertiary/aromatic N) is 1. The molecule has 0 spiro atoms. The number of ether oxygens (including phenoxy) is 1. The third kappa shape index (κ3) is 2.84. The predicted octanol–water partition coefficient (Wildman–Crippen LogP) is 4.16. The van der Waals surface area contributed by atoms with E-state index in [-0.39, 0.29) is 11.3 Å². The fourth-order valence-electron chi connectivity index (χ4n) is 2.52. The van der Waals surface area contributed by atoms with E-state index < -0.39 is 5.97 Å². The smallest absolute Gasteiger partial charge is 0.339 e. The molecule has 2 aromatic carbocycles. The third-order valence-corrected chi connectivity index (χ3v) is 4.73. The van der Waals surface area contributed by atoms with Crippen LogP contribution in [-0.2, 0) is 0 Å². The van der Waals surface area contributed by atoms with Gasteiger partial charge in [-0.2, -0.15) is 0 Å². The molecule has 5 nitrogen and oxygen atoms in total. The van der Waals surface area contributed by atoms with Crippen molar-refractivity contribution >= 4 is 28.6 Å². The Balaban J connectivity index is 2.30. The summed E-state index contributed by atoms with van der Waals surface area (Å²) in [6, 6.07) is 12.6. The third-order valence-electron chi connectivity index (χ3n) is 3.71. The van der Waals surface area contributed by atoms with Crippen molar-refractivity contribution < 1.29 is 19.7 Å². The van der Waals surface area contributed by atoms with Crippen molar-refractivity contribution in [3.05, 3.63) is 64.0 Å². The van der Waals surface area contributed by atoms with Crippen LogP contribution in [0.15, 0.2) is 54.9 Å². The van der Waals surface area contributed by atoms with Crippen LogP contribution >= 0.6 is 22.6 Å². The lowest BCUT2D eigenvalue weighted by Gasteiger charge is -2.16. The SMILES string of the molecule is COc1ccc(-c2cc(C(=O)O)c(O)c(I)c2-n2cccc2)cc1. The molecular formula is C18H14INO4. The topological polar surface area (TPSA) is 71.7 Å². The molecule has 0 aliphatic carbocycles. The molecule has 6 heteroatoms. The van der Waals surface area contributed by atoms with Gasteiger partial charge in [0.25, 0.3) is 0 Å². The van der Waals surface area contributed by atoms with Crippen LogP contribution in [0.2, 0.25) is 0 Å². The first-order valence-electron chi connectivity index (χ1n) is 7.09. The molecule has 1 heterocycles. The van der Waals surface area contributed by atoms with Crippen molar-refractivity contribution in [2.45, 2.75) is 0 Å². The van der Waals surface area contributed by atoms with E-state index in [9.17, 15) is 15.0 Å². The minimum absolute atomic E-state index is 0.124. The quantitative estimate of drug-likeness (QED) is 0.604. The first-order chi connectivity index (χ1) is 11.5. The van der Waals surface area contributed by atoms with E-state index in [1.165, 1.54) is 6.07 Å². The molecule has 0 unspecified atom stereocenters. The van der Waals surface area contributed by atoms with Gasteiger partial charge in [-0.05, 0) is 58.5 Å². The second-order valence-electron chi connectivity index (χ2n) is 5.11. The number of hydrogen-bond acceptors (Lipinski definition) is 3. The molecule has 2 N–H and O–H groups in total. The summed E-state index contributed by atoms with van der Waals surface area (Å²) < 4.78 is 7.51. The predicted molar refractivity (Wildman–Crippen MR) is 99.1 cm³/mol. The van der Waals surface area contributed by atoms with E-state index in [0.29, 0.717) is 14.9 Å². The number of aromatic hydroxyl groups is 1. The Hall–Kier alpha value is -2.48. The van der Waals surface area contributed by atoms with Crippen LogP contribution in [0.1, 0.15) is 10.4 Å². The Kier molecular flexibility index (Phi) is 4.48. The molecule has 0 aliphatic rings. The molecule has 0 aliphatic heterocycles. The standard InChI is InChI=1S/C18H14INO4/c1-24-12-6-4-11(5-7-12)13-10-14(18(22)23)17(21)15(19)16(13)20-8-2-3-9-20/h2-10,21H,1H3,(H,22,23). The maximum absolute atomic E-state index is 11.5. The van der Waals surface area contributed by atoms with Gasteiger partial charge < -0.3 is 19.5 Å². The highest BCUT2D eigenvalue weighted by Gasteiger charge is 2.21. The highest BCUT2D eigenvalue weighted by atomic mass is 127. The average molecular weight is 435 g/mol. The minimum atomic E-state index is -1.17. The highest BCUT2D eigenvalue weighted by molar-refractivity contribution is 14.1. The number of methoxy groups -OCH3 is 1. The van der Waals surface area contributed by atoms with E-state index in [1.807, 2.05) is 75.9 Å². The van der Waals surface area contributed by atoms with Gasteiger partial charge in [-0.15, -0.1) is 0 Å². The summed E-state index contributed by atoms with van der Waals surface area (Å²) >= 11 is 1.97. The molecule has 0 saturated carbocycles. The second kappa shape index (κ2) is 6.56. The molecule has 122 valence electrons. The van der Waals surface area contributed by atoms with Crippen LogP contribution in [0, 0.1) is 3.57 Å². The molecule has 0 amide bonds. The molecule has 1 aromatic heterocycles. The summed E-state index contributed by atoms with van der Waals surface area (Å²) in [5.74, 6) is -0.684. The summed E-state index contributed by atoms with van der Waals surface area (Å²) in [6.45, 7) is 0. The van der Waals surface area contributed by atoms with E-state index >= 15 is 0 Å². The van der Waals surface area contributed by atoms with E-state index in [4.69, 9.17) is 4.74 Å². The van der Waals surface area contributed by atoms with Gasteiger partial charge in [0.2, 0.25) is 0 Å². The number of aromatic carboxylic acids is 1. The molecule has 3 rings (SSSR count). The van der Waals surface area contributed by atoms with E-state index in [1.54, 1.807) is 7.11 Å². The lowest BCUT2D eigenvalue weighted by atomic mass is 9.99. The van der Waals surface area contributed by atoms with Crippen molar-refractivity contribution in [2.75, 3.05) is 7.11 Å². The van der Waals surface area contributed by atoms with Gasteiger partial charge in [0.1, 0.15) is 17.1 Å². The maximum Gasteiger partial charge on any atom is 0.339 e. The van der Waals surface area contributed by atoms with Crippen molar-refractivity contribution in [1.82, 2.24) is 4.57 Å². The van der Waals surface area contributed by atoms with E-state index in [0.717, 1.165) is 11.3 Å². The first kappa shape index (κ1) is 16.4. The fourth-order valence-corrected chi connectivity index (χ4v) is 3.38.